The van der Waals surface area contributed by atoms with Crippen molar-refractivity contribution in [2.75, 3.05) is 13.1 Å². The first-order chi connectivity index (χ1) is 8.28. The molecule has 2 aliphatic rings. The Labute approximate surface area is 105 Å². The molecule has 2 fully saturated rings. The summed E-state index contributed by atoms with van der Waals surface area (Å²) in [6.45, 7) is 5.96. The van der Waals surface area contributed by atoms with Crippen molar-refractivity contribution in [3.63, 3.8) is 0 Å². The number of likely N-dealkylation sites (tertiary alicyclic amines) is 1. The number of nitrogens with zero attached hydrogens (tertiary/aromatic N) is 1. The van der Waals surface area contributed by atoms with Crippen molar-refractivity contribution in [1.82, 2.24) is 4.90 Å². The van der Waals surface area contributed by atoms with Crippen LogP contribution in [-0.2, 0) is 19.1 Å². The quantitative estimate of drug-likeness (QED) is 0.476. The number of rotatable bonds is 0. The van der Waals surface area contributed by atoms with E-state index in [2.05, 4.69) is 4.74 Å². The van der Waals surface area contributed by atoms with E-state index in [0.717, 1.165) is 0 Å². The van der Waals surface area contributed by atoms with Crippen LogP contribution < -0.4 is 0 Å². The zero-order valence-electron chi connectivity index (χ0n) is 10.8. The van der Waals surface area contributed by atoms with Crippen molar-refractivity contribution in [3.05, 3.63) is 0 Å². The van der Waals surface area contributed by atoms with Crippen LogP contribution in [0.15, 0.2) is 0 Å². The number of fused-ring (bicyclic) bond motifs is 1. The molecule has 0 bridgehead atoms. The van der Waals surface area contributed by atoms with E-state index in [1.54, 1.807) is 20.8 Å². The number of hydrogen-bond donors (Lipinski definition) is 0. The molecule has 2 atom stereocenters. The van der Waals surface area contributed by atoms with E-state index in [4.69, 9.17) is 4.74 Å². The summed E-state index contributed by atoms with van der Waals surface area (Å²) >= 11 is 0. The summed E-state index contributed by atoms with van der Waals surface area (Å²) in [5.41, 5.74) is -0.570. The Morgan fingerprint density at radius 2 is 1.89 bits per heavy atom. The fourth-order valence-electron chi connectivity index (χ4n) is 2.22. The Morgan fingerprint density at radius 1 is 1.28 bits per heavy atom. The van der Waals surface area contributed by atoms with E-state index in [1.165, 1.54) is 4.90 Å². The number of cyclic esters (lactones) is 2. The summed E-state index contributed by atoms with van der Waals surface area (Å²) in [7, 11) is 0. The van der Waals surface area contributed by atoms with Crippen LogP contribution in [0.2, 0.25) is 0 Å². The molecule has 2 aliphatic heterocycles. The van der Waals surface area contributed by atoms with Crippen molar-refractivity contribution in [2.45, 2.75) is 32.8 Å². The fraction of sp³-hybridized carbons (Fsp3) is 0.750. The number of carbonyl (C=O) groups is 3. The molecule has 2 unspecified atom stereocenters. The molecule has 6 heteroatoms. The van der Waals surface area contributed by atoms with Gasteiger partial charge >= 0.3 is 18.0 Å². The average molecular weight is 255 g/mol. The monoisotopic (exact) mass is 255 g/mol. The smallest absolute Gasteiger partial charge is 0.410 e. The topological polar surface area (TPSA) is 72.9 Å². The predicted octanol–water partition coefficient (Wildman–Crippen LogP) is 0.943. The molecule has 2 heterocycles. The molecule has 0 N–H and O–H groups in total. The second kappa shape index (κ2) is 4.26. The minimum Gasteiger partial charge on any atom is -0.444 e. The molecule has 0 aromatic rings. The van der Waals surface area contributed by atoms with Crippen LogP contribution in [0.4, 0.5) is 4.79 Å². The maximum Gasteiger partial charge on any atom is 0.410 e. The first-order valence-electron chi connectivity index (χ1n) is 6.01. The van der Waals surface area contributed by atoms with Gasteiger partial charge in [-0.05, 0) is 27.2 Å². The van der Waals surface area contributed by atoms with Gasteiger partial charge in [0.1, 0.15) is 5.60 Å². The summed E-state index contributed by atoms with van der Waals surface area (Å²) in [4.78, 5) is 36.1. The van der Waals surface area contributed by atoms with E-state index in [1.807, 2.05) is 0 Å². The van der Waals surface area contributed by atoms with Gasteiger partial charge in [0.25, 0.3) is 0 Å². The highest BCUT2D eigenvalue weighted by Crippen LogP contribution is 2.32. The lowest BCUT2D eigenvalue weighted by Gasteiger charge is -2.33. The second-order valence-electron chi connectivity index (χ2n) is 5.67. The van der Waals surface area contributed by atoms with E-state index >= 15 is 0 Å². The van der Waals surface area contributed by atoms with Gasteiger partial charge in [-0.3, -0.25) is 9.59 Å². The molecule has 1 amide bonds. The van der Waals surface area contributed by atoms with Gasteiger partial charge in [-0.2, -0.15) is 0 Å². The molecule has 0 aromatic carbocycles. The van der Waals surface area contributed by atoms with Crippen molar-refractivity contribution in [2.24, 2.45) is 11.8 Å². The molecule has 6 nitrogen and oxygen atoms in total. The molecule has 18 heavy (non-hydrogen) atoms. The Balaban J connectivity index is 2.01. The van der Waals surface area contributed by atoms with Crippen LogP contribution in [0.25, 0.3) is 0 Å². The molecule has 2 rings (SSSR count). The number of carbonyl (C=O) groups excluding carboxylic acids is 3. The van der Waals surface area contributed by atoms with Crippen molar-refractivity contribution >= 4 is 18.0 Å². The SMILES string of the molecule is CC(C)(C)OC(=O)N1CCC2C(=O)OC(=O)C2C1. The van der Waals surface area contributed by atoms with Crippen LogP contribution in [0, 0.1) is 11.8 Å². The van der Waals surface area contributed by atoms with Crippen molar-refractivity contribution < 1.29 is 23.9 Å². The average Bonchev–Trinajstić information content (AvgIpc) is 2.52. The van der Waals surface area contributed by atoms with Gasteiger partial charge in [0.05, 0.1) is 11.8 Å². The summed E-state index contributed by atoms with van der Waals surface area (Å²) in [6.07, 6.45) is 0.00203. The van der Waals surface area contributed by atoms with Gasteiger partial charge in [-0.25, -0.2) is 4.79 Å². The summed E-state index contributed by atoms with van der Waals surface area (Å²) in [6, 6.07) is 0. The van der Waals surface area contributed by atoms with Gasteiger partial charge < -0.3 is 14.4 Å². The maximum atomic E-state index is 11.9. The highest BCUT2D eigenvalue weighted by Gasteiger charge is 2.48. The number of ether oxygens (including phenoxy) is 2. The molecule has 100 valence electrons. The largest absolute Gasteiger partial charge is 0.444 e. The Kier molecular flexibility index (Phi) is 3.04. The Morgan fingerprint density at radius 3 is 2.50 bits per heavy atom. The van der Waals surface area contributed by atoms with Crippen LogP contribution in [-0.4, -0.2) is 41.6 Å². The minimum absolute atomic E-state index is 0.199. The van der Waals surface area contributed by atoms with Crippen molar-refractivity contribution in [1.29, 1.82) is 0 Å². The molecule has 0 spiro atoms. The van der Waals surface area contributed by atoms with Gasteiger partial charge in [0.15, 0.2) is 0 Å². The van der Waals surface area contributed by atoms with E-state index in [0.29, 0.717) is 13.0 Å². The first kappa shape index (κ1) is 12.9. The molecular formula is C12H17NO5. The Hall–Kier alpha value is -1.59. The third-order valence-corrected chi connectivity index (χ3v) is 3.07. The van der Waals surface area contributed by atoms with Gasteiger partial charge in [-0.15, -0.1) is 0 Å². The molecule has 0 saturated carbocycles. The standard InChI is InChI=1S/C12H17NO5/c1-12(2,3)18-11(16)13-5-4-7-8(6-13)10(15)17-9(7)14/h7-8H,4-6H2,1-3H3. The molecule has 2 saturated heterocycles. The summed E-state index contributed by atoms with van der Waals surface area (Å²) in [5, 5.41) is 0. The van der Waals surface area contributed by atoms with Gasteiger partial charge in [0.2, 0.25) is 0 Å². The van der Waals surface area contributed by atoms with E-state index in [9.17, 15) is 14.4 Å². The minimum atomic E-state index is -0.570. The zero-order chi connectivity index (χ0) is 13.5. The lowest BCUT2D eigenvalue weighted by atomic mass is 9.88. The lowest BCUT2D eigenvalue weighted by Crippen LogP contribution is -2.46. The maximum absolute atomic E-state index is 11.9. The van der Waals surface area contributed by atoms with Crippen molar-refractivity contribution in [3.8, 4) is 0 Å². The zero-order valence-corrected chi connectivity index (χ0v) is 10.8. The third-order valence-electron chi connectivity index (χ3n) is 3.07. The third kappa shape index (κ3) is 2.47. The summed E-state index contributed by atoms with van der Waals surface area (Å²) in [5.74, 6) is -1.91. The molecule has 0 aromatic heterocycles. The highest BCUT2D eigenvalue weighted by molar-refractivity contribution is 5.97. The highest BCUT2D eigenvalue weighted by atomic mass is 16.6. The summed E-state index contributed by atoms with van der Waals surface area (Å²) < 4.78 is 9.82. The number of piperidine rings is 1. The number of amides is 1. The molecular weight excluding hydrogens is 238 g/mol. The van der Waals surface area contributed by atoms with Gasteiger partial charge in [-0.1, -0.05) is 0 Å². The lowest BCUT2D eigenvalue weighted by molar-refractivity contribution is -0.153. The second-order valence-corrected chi connectivity index (χ2v) is 5.67. The Bertz CT molecular complexity index is 398. The van der Waals surface area contributed by atoms with Crippen LogP contribution >= 0.6 is 0 Å². The molecule has 0 radical (unpaired) electrons. The first-order valence-corrected chi connectivity index (χ1v) is 6.01. The predicted molar refractivity (Wildman–Crippen MR) is 60.5 cm³/mol. The number of esters is 2. The van der Waals surface area contributed by atoms with E-state index in [-0.39, 0.29) is 6.54 Å². The number of hydrogen-bond acceptors (Lipinski definition) is 5. The molecule has 0 aliphatic carbocycles. The normalized spacial score (nSPS) is 27.8. The van der Waals surface area contributed by atoms with E-state index < -0.39 is 35.5 Å². The fourth-order valence-corrected chi connectivity index (χ4v) is 2.22. The van der Waals surface area contributed by atoms with Gasteiger partial charge in [0, 0.05) is 13.1 Å². The van der Waals surface area contributed by atoms with Crippen LogP contribution in [0.3, 0.4) is 0 Å². The van der Waals surface area contributed by atoms with Crippen LogP contribution in [0.5, 0.6) is 0 Å². The van der Waals surface area contributed by atoms with Crippen LogP contribution in [0.1, 0.15) is 27.2 Å².